The number of benzene rings is 2. The van der Waals surface area contributed by atoms with Crippen LogP contribution in [0.3, 0.4) is 0 Å². The van der Waals surface area contributed by atoms with E-state index in [1.165, 1.54) is 43.5 Å². The Hall–Kier alpha value is -3.53. The van der Waals surface area contributed by atoms with Gasteiger partial charge in [0.25, 0.3) is 0 Å². The first-order valence-electron chi connectivity index (χ1n) is 18.3. The lowest BCUT2D eigenvalue weighted by Crippen LogP contribution is -2.49. The molecule has 55 heavy (non-hydrogen) atoms. The zero-order chi connectivity index (χ0) is 40.9. The minimum atomic E-state index is -1.77. The van der Waals surface area contributed by atoms with Gasteiger partial charge in [0.15, 0.2) is 0 Å². The van der Waals surface area contributed by atoms with E-state index < -0.39 is 69.8 Å². The second-order valence-electron chi connectivity index (χ2n) is 16.7. The molecule has 2 N–H and O–H groups in total. The van der Waals surface area contributed by atoms with Gasteiger partial charge in [0.1, 0.15) is 28.8 Å². The van der Waals surface area contributed by atoms with E-state index >= 15 is 8.78 Å². The van der Waals surface area contributed by atoms with Crippen molar-refractivity contribution in [2.75, 3.05) is 32.8 Å². The average molecular weight is 805 g/mol. The van der Waals surface area contributed by atoms with Crippen LogP contribution in [0.5, 0.6) is 5.75 Å². The molecule has 6 atom stereocenters. The fourth-order valence-corrected chi connectivity index (χ4v) is 7.76. The number of nitriles is 1. The van der Waals surface area contributed by atoms with E-state index in [0.717, 1.165) is 6.07 Å². The van der Waals surface area contributed by atoms with Crippen LogP contribution in [0.2, 0.25) is 5.02 Å². The fourth-order valence-electron chi connectivity index (χ4n) is 7.39. The third kappa shape index (κ3) is 10.5. The number of esters is 1. The minimum Gasteiger partial charge on any atom is -0.495 e. The number of nitrogens with one attached hydrogen (secondary N) is 2. The number of allylic oxidation sites excluding steroid dienone is 4. The quantitative estimate of drug-likeness (QED) is 0.171. The molecule has 1 fully saturated rings. The number of methoxy groups -OCH3 is 2. The van der Waals surface area contributed by atoms with E-state index in [0.29, 0.717) is 32.5 Å². The predicted molar refractivity (Wildman–Crippen MR) is 211 cm³/mol. The SMILES string of the molecule is COCCC(C)(C)OCCC(C)(C)OC(=O)c1ccc(NC(=O)C2NC(CC(C)(C)C)C(C#N)(c3ccc(Cl)cc3F)C2C2C=CC=C(Cl)C2F)c(OC)c1. The van der Waals surface area contributed by atoms with E-state index in [9.17, 15) is 14.9 Å². The van der Waals surface area contributed by atoms with Crippen molar-refractivity contribution in [3.8, 4) is 11.8 Å². The highest BCUT2D eigenvalue weighted by Crippen LogP contribution is 2.53. The van der Waals surface area contributed by atoms with Gasteiger partial charge in [-0.05, 0) is 82.4 Å². The summed E-state index contributed by atoms with van der Waals surface area (Å²) < 4.78 is 54.8. The Labute approximate surface area is 333 Å². The molecule has 1 heterocycles. The van der Waals surface area contributed by atoms with Gasteiger partial charge in [-0.1, -0.05) is 62.2 Å². The first-order valence-corrected chi connectivity index (χ1v) is 19.1. The van der Waals surface area contributed by atoms with Crippen LogP contribution in [0.1, 0.15) is 83.7 Å². The first kappa shape index (κ1) is 44.2. The van der Waals surface area contributed by atoms with E-state index in [4.69, 9.17) is 42.1 Å². The normalized spacial score (nSPS) is 24.2. The number of nitrogens with zero attached hydrogens (tertiary/aromatic N) is 1. The second-order valence-corrected chi connectivity index (χ2v) is 17.5. The van der Waals surface area contributed by atoms with Gasteiger partial charge in [-0.25, -0.2) is 13.6 Å². The lowest BCUT2D eigenvalue weighted by molar-refractivity contribution is -0.119. The van der Waals surface area contributed by atoms with Gasteiger partial charge >= 0.3 is 5.97 Å². The number of ether oxygens (including phenoxy) is 4. The molecule has 1 aliphatic carbocycles. The molecule has 2 aromatic rings. The monoisotopic (exact) mass is 803 g/mol. The van der Waals surface area contributed by atoms with Gasteiger partial charge in [-0.3, -0.25) is 4.79 Å². The maximum Gasteiger partial charge on any atom is 0.338 e. The van der Waals surface area contributed by atoms with Crippen LogP contribution in [-0.2, 0) is 24.4 Å². The Morgan fingerprint density at radius 2 is 1.69 bits per heavy atom. The van der Waals surface area contributed by atoms with Gasteiger partial charge in [0, 0.05) is 48.6 Å². The summed E-state index contributed by atoms with van der Waals surface area (Å²) in [5.74, 6) is -4.05. The minimum absolute atomic E-state index is 0.00235. The zero-order valence-electron chi connectivity index (χ0n) is 33.0. The predicted octanol–water partition coefficient (Wildman–Crippen LogP) is 9.08. The van der Waals surface area contributed by atoms with Crippen molar-refractivity contribution in [2.24, 2.45) is 17.3 Å². The van der Waals surface area contributed by atoms with Crippen LogP contribution in [0.15, 0.2) is 59.7 Å². The van der Waals surface area contributed by atoms with Gasteiger partial charge < -0.3 is 29.6 Å². The highest BCUT2D eigenvalue weighted by atomic mass is 35.5. The van der Waals surface area contributed by atoms with Crippen LogP contribution in [0, 0.1) is 34.4 Å². The summed E-state index contributed by atoms with van der Waals surface area (Å²) in [4.78, 5) is 27.8. The van der Waals surface area contributed by atoms with Crippen molar-refractivity contribution in [1.82, 2.24) is 5.32 Å². The number of hydrogen-bond donors (Lipinski definition) is 2. The first-order chi connectivity index (χ1) is 25.7. The highest BCUT2D eigenvalue weighted by molar-refractivity contribution is 6.30. The summed E-state index contributed by atoms with van der Waals surface area (Å²) in [6, 6.07) is 8.84. The average Bonchev–Trinajstić information content (AvgIpc) is 3.41. The Morgan fingerprint density at radius 1 is 1.00 bits per heavy atom. The lowest BCUT2D eigenvalue weighted by atomic mass is 9.60. The number of anilines is 1. The number of rotatable bonds is 15. The van der Waals surface area contributed by atoms with Crippen LogP contribution >= 0.6 is 23.2 Å². The fraction of sp³-hybridized carbons (Fsp3) is 0.548. The molecule has 0 aromatic heterocycles. The molecular formula is C42H53Cl2F2N3O6. The van der Waals surface area contributed by atoms with Crippen LogP contribution in [0.25, 0.3) is 0 Å². The topological polar surface area (TPSA) is 119 Å². The maximum absolute atomic E-state index is 16.2. The lowest BCUT2D eigenvalue weighted by Gasteiger charge is -2.41. The van der Waals surface area contributed by atoms with Crippen LogP contribution in [-0.4, -0.2) is 68.8 Å². The Kier molecular flexibility index (Phi) is 14.2. The van der Waals surface area contributed by atoms with E-state index in [1.54, 1.807) is 33.1 Å². The van der Waals surface area contributed by atoms with Gasteiger partial charge in [-0.15, -0.1) is 0 Å². The molecule has 0 bridgehead atoms. The number of halogens is 4. The zero-order valence-corrected chi connectivity index (χ0v) is 34.5. The molecule has 0 radical (unpaired) electrons. The summed E-state index contributed by atoms with van der Waals surface area (Å²) in [5, 5.41) is 17.4. The molecule has 300 valence electrons. The molecule has 0 spiro atoms. The van der Waals surface area contributed by atoms with Crippen molar-refractivity contribution >= 4 is 40.8 Å². The van der Waals surface area contributed by atoms with Crippen molar-refractivity contribution < 1.29 is 37.3 Å². The second kappa shape index (κ2) is 17.7. The molecular weight excluding hydrogens is 751 g/mol. The number of amides is 1. The third-order valence-electron chi connectivity index (χ3n) is 10.3. The van der Waals surface area contributed by atoms with Crippen molar-refractivity contribution in [1.29, 1.82) is 5.26 Å². The van der Waals surface area contributed by atoms with E-state index in [1.807, 2.05) is 34.6 Å². The maximum atomic E-state index is 16.2. The van der Waals surface area contributed by atoms with Crippen molar-refractivity contribution in [3.63, 3.8) is 0 Å². The molecule has 6 unspecified atom stereocenters. The summed E-state index contributed by atoms with van der Waals surface area (Å²) in [6.45, 7) is 14.4. The molecule has 2 aromatic carbocycles. The Balaban J connectivity index is 1.66. The molecule has 0 saturated carbocycles. The van der Waals surface area contributed by atoms with E-state index in [2.05, 4.69) is 16.7 Å². The van der Waals surface area contributed by atoms with Gasteiger partial charge in [0.2, 0.25) is 5.91 Å². The Morgan fingerprint density at radius 3 is 2.31 bits per heavy atom. The molecule has 9 nitrogen and oxygen atoms in total. The summed E-state index contributed by atoms with van der Waals surface area (Å²) in [6.07, 6.45) is 4.26. The van der Waals surface area contributed by atoms with E-state index in [-0.39, 0.29) is 32.6 Å². The highest BCUT2D eigenvalue weighted by Gasteiger charge is 2.63. The van der Waals surface area contributed by atoms with Crippen LogP contribution in [0.4, 0.5) is 14.5 Å². The third-order valence-corrected chi connectivity index (χ3v) is 10.8. The molecule has 4 rings (SSSR count). The molecule has 1 aliphatic heterocycles. The molecule has 1 amide bonds. The number of hydrogen-bond acceptors (Lipinski definition) is 8. The van der Waals surface area contributed by atoms with Gasteiger partial charge in [0.05, 0.1) is 47.7 Å². The van der Waals surface area contributed by atoms with Gasteiger partial charge in [-0.2, -0.15) is 5.26 Å². The smallest absolute Gasteiger partial charge is 0.338 e. The number of carbonyl (C=O) groups excluding carboxylic acids is 2. The number of carbonyl (C=O) groups is 2. The summed E-state index contributed by atoms with van der Waals surface area (Å²) >= 11 is 12.5. The molecule has 13 heteroatoms. The standard InChI is InChI=1S/C42H53Cl2F2N3O6/c1-39(2,3)23-33-42(24-47,28-15-14-26(43)22-30(28)45)34(27-11-10-12-29(44)35(27)46)36(49-33)37(50)48-31-16-13-25(21-32(31)53-9)38(51)55-41(6,7)18-20-54-40(4,5)17-19-52-8/h10-16,21-22,27,33-36,49H,17-20,23H2,1-9H3,(H,48,50). The van der Waals surface area contributed by atoms with Crippen molar-refractivity contribution in [3.05, 3.63) is 81.6 Å². The van der Waals surface area contributed by atoms with Crippen molar-refractivity contribution in [2.45, 2.75) is 103 Å². The van der Waals surface area contributed by atoms with Crippen LogP contribution < -0.4 is 15.4 Å². The number of alkyl halides is 1. The summed E-state index contributed by atoms with van der Waals surface area (Å²) in [7, 11) is 3.03. The largest absolute Gasteiger partial charge is 0.495 e. The molecule has 2 aliphatic rings. The Bertz CT molecular complexity index is 1820. The molecule has 1 saturated heterocycles. The summed E-state index contributed by atoms with van der Waals surface area (Å²) in [5.41, 5.74) is -3.02.